The minimum Gasteiger partial charge on any atom is -0.479 e. The Hall–Kier alpha value is -1.72. The molecule has 0 radical (unpaired) electrons. The quantitative estimate of drug-likeness (QED) is 0.906. The van der Waals surface area contributed by atoms with Crippen LogP contribution >= 0.6 is 23.2 Å². The molecule has 2 rings (SSSR count). The minimum atomic E-state index is 0.297. The molecule has 0 bridgehead atoms. The van der Waals surface area contributed by atoms with Gasteiger partial charge in [-0.3, -0.25) is 0 Å². The van der Waals surface area contributed by atoms with E-state index in [1.165, 1.54) is 13.4 Å². The van der Waals surface area contributed by atoms with Crippen molar-refractivity contribution in [1.29, 1.82) is 0 Å². The number of anilines is 3. The SMILES string of the molecule is COc1ncnc(Nc2cc(Cl)ccc2Cl)c1N. The van der Waals surface area contributed by atoms with Crippen LogP contribution in [0, 0.1) is 0 Å². The van der Waals surface area contributed by atoms with E-state index in [4.69, 9.17) is 33.7 Å². The zero-order valence-corrected chi connectivity index (χ0v) is 11.0. The molecule has 1 aromatic carbocycles. The van der Waals surface area contributed by atoms with Gasteiger partial charge in [-0.05, 0) is 18.2 Å². The van der Waals surface area contributed by atoms with Crippen LogP contribution in [0.1, 0.15) is 0 Å². The van der Waals surface area contributed by atoms with Gasteiger partial charge in [-0.2, -0.15) is 4.98 Å². The first-order valence-electron chi connectivity index (χ1n) is 4.98. The van der Waals surface area contributed by atoms with Crippen LogP contribution in [0.3, 0.4) is 0 Å². The molecule has 0 fully saturated rings. The van der Waals surface area contributed by atoms with Gasteiger partial charge in [-0.15, -0.1) is 0 Å². The summed E-state index contributed by atoms with van der Waals surface area (Å²) in [4.78, 5) is 7.91. The van der Waals surface area contributed by atoms with Crippen molar-refractivity contribution in [3.8, 4) is 5.88 Å². The van der Waals surface area contributed by atoms with Crippen LogP contribution in [0.25, 0.3) is 0 Å². The van der Waals surface area contributed by atoms with Gasteiger partial charge >= 0.3 is 0 Å². The number of hydrogen-bond acceptors (Lipinski definition) is 5. The second-order valence-electron chi connectivity index (χ2n) is 3.39. The fourth-order valence-electron chi connectivity index (χ4n) is 1.36. The molecule has 2 aromatic rings. The lowest BCUT2D eigenvalue weighted by molar-refractivity contribution is 0.399. The first-order chi connectivity index (χ1) is 8.61. The summed E-state index contributed by atoms with van der Waals surface area (Å²) in [5.41, 5.74) is 6.75. The Morgan fingerprint density at radius 3 is 2.78 bits per heavy atom. The molecule has 1 heterocycles. The van der Waals surface area contributed by atoms with Crippen molar-refractivity contribution in [3.05, 3.63) is 34.6 Å². The monoisotopic (exact) mass is 284 g/mol. The topological polar surface area (TPSA) is 73.1 Å². The second kappa shape index (κ2) is 5.29. The van der Waals surface area contributed by atoms with Gasteiger partial charge in [-0.25, -0.2) is 4.98 Å². The van der Waals surface area contributed by atoms with Crippen LogP contribution < -0.4 is 15.8 Å². The Labute approximate surface area is 114 Å². The number of halogens is 2. The Bertz CT molecular complexity index is 577. The number of hydrogen-bond donors (Lipinski definition) is 2. The maximum Gasteiger partial charge on any atom is 0.242 e. The fraction of sp³-hybridized carbons (Fsp3) is 0.0909. The largest absolute Gasteiger partial charge is 0.479 e. The number of aromatic nitrogens is 2. The van der Waals surface area contributed by atoms with E-state index in [2.05, 4.69) is 15.3 Å². The third kappa shape index (κ3) is 2.57. The number of nitrogen functional groups attached to an aromatic ring is 1. The molecule has 0 saturated carbocycles. The molecule has 7 heteroatoms. The Kier molecular flexibility index (Phi) is 3.74. The van der Waals surface area contributed by atoms with Crippen molar-refractivity contribution in [2.24, 2.45) is 0 Å². The van der Waals surface area contributed by atoms with Crippen molar-refractivity contribution in [3.63, 3.8) is 0 Å². The van der Waals surface area contributed by atoms with Gasteiger partial charge in [0.25, 0.3) is 0 Å². The van der Waals surface area contributed by atoms with E-state index < -0.39 is 0 Å². The van der Waals surface area contributed by atoms with Gasteiger partial charge in [0.15, 0.2) is 5.82 Å². The molecule has 0 aliphatic rings. The van der Waals surface area contributed by atoms with Crippen LogP contribution in [0.4, 0.5) is 17.2 Å². The number of methoxy groups -OCH3 is 1. The van der Waals surface area contributed by atoms with E-state index in [-0.39, 0.29) is 0 Å². The first kappa shape index (κ1) is 12.7. The van der Waals surface area contributed by atoms with Crippen molar-refractivity contribution < 1.29 is 4.74 Å². The van der Waals surface area contributed by atoms with Crippen LogP contribution in [0.2, 0.25) is 10.0 Å². The van der Waals surface area contributed by atoms with Crippen LogP contribution in [-0.4, -0.2) is 17.1 Å². The first-order valence-corrected chi connectivity index (χ1v) is 5.74. The van der Waals surface area contributed by atoms with Crippen molar-refractivity contribution in [1.82, 2.24) is 9.97 Å². The molecular weight excluding hydrogens is 275 g/mol. The molecule has 94 valence electrons. The van der Waals surface area contributed by atoms with E-state index >= 15 is 0 Å². The number of rotatable bonds is 3. The van der Waals surface area contributed by atoms with Crippen LogP contribution in [0.5, 0.6) is 5.88 Å². The summed E-state index contributed by atoms with van der Waals surface area (Å²) in [6.07, 6.45) is 1.34. The van der Waals surface area contributed by atoms with E-state index in [0.29, 0.717) is 33.1 Å². The molecule has 0 spiro atoms. The molecule has 1 aromatic heterocycles. The van der Waals surface area contributed by atoms with Gasteiger partial charge in [0.05, 0.1) is 17.8 Å². The third-order valence-corrected chi connectivity index (χ3v) is 2.79. The average molecular weight is 285 g/mol. The standard InChI is InChI=1S/C11H10Cl2N4O/c1-18-11-9(14)10(15-5-16-11)17-8-4-6(12)2-3-7(8)13/h2-5H,14H2,1H3,(H,15,16,17). The number of nitrogens with two attached hydrogens (primary N) is 1. The summed E-state index contributed by atoms with van der Waals surface area (Å²) in [6, 6.07) is 5.05. The summed E-state index contributed by atoms with van der Waals surface area (Å²) in [5.74, 6) is 0.705. The summed E-state index contributed by atoms with van der Waals surface area (Å²) < 4.78 is 5.00. The lowest BCUT2D eigenvalue weighted by Crippen LogP contribution is -2.03. The molecular formula is C11H10Cl2N4O. The van der Waals surface area contributed by atoms with E-state index in [0.717, 1.165) is 0 Å². The maximum atomic E-state index is 6.04. The van der Waals surface area contributed by atoms with Crippen LogP contribution in [-0.2, 0) is 0 Å². The van der Waals surface area contributed by atoms with Crippen molar-refractivity contribution in [2.45, 2.75) is 0 Å². The van der Waals surface area contributed by atoms with E-state index in [1.807, 2.05) is 0 Å². The molecule has 0 saturated heterocycles. The Balaban J connectivity index is 2.37. The highest BCUT2D eigenvalue weighted by atomic mass is 35.5. The predicted molar refractivity (Wildman–Crippen MR) is 72.7 cm³/mol. The van der Waals surface area contributed by atoms with Gasteiger partial charge in [0.2, 0.25) is 5.88 Å². The van der Waals surface area contributed by atoms with Crippen LogP contribution in [0.15, 0.2) is 24.5 Å². The number of nitrogens with one attached hydrogen (secondary N) is 1. The molecule has 0 amide bonds. The maximum absolute atomic E-state index is 6.04. The zero-order valence-electron chi connectivity index (χ0n) is 9.45. The molecule has 0 atom stereocenters. The summed E-state index contributed by atoms with van der Waals surface area (Å²) in [7, 11) is 1.48. The zero-order chi connectivity index (χ0) is 13.1. The summed E-state index contributed by atoms with van der Waals surface area (Å²) >= 11 is 11.9. The summed E-state index contributed by atoms with van der Waals surface area (Å²) in [6.45, 7) is 0. The summed E-state index contributed by atoms with van der Waals surface area (Å²) in [5, 5.41) is 4.05. The third-order valence-electron chi connectivity index (χ3n) is 2.22. The number of benzene rings is 1. The highest BCUT2D eigenvalue weighted by molar-refractivity contribution is 6.35. The lowest BCUT2D eigenvalue weighted by atomic mass is 10.3. The fourth-order valence-corrected chi connectivity index (χ4v) is 1.70. The van der Waals surface area contributed by atoms with E-state index in [9.17, 15) is 0 Å². The van der Waals surface area contributed by atoms with E-state index in [1.54, 1.807) is 18.2 Å². The van der Waals surface area contributed by atoms with Gasteiger partial charge in [0, 0.05) is 5.02 Å². The van der Waals surface area contributed by atoms with Gasteiger partial charge in [0.1, 0.15) is 12.0 Å². The molecule has 0 aliphatic carbocycles. The normalized spacial score (nSPS) is 10.2. The highest BCUT2D eigenvalue weighted by Crippen LogP contribution is 2.31. The smallest absolute Gasteiger partial charge is 0.242 e. The lowest BCUT2D eigenvalue weighted by Gasteiger charge is -2.11. The average Bonchev–Trinajstić information content (AvgIpc) is 2.36. The molecule has 3 N–H and O–H groups in total. The molecule has 18 heavy (non-hydrogen) atoms. The van der Waals surface area contributed by atoms with Gasteiger partial charge in [-0.1, -0.05) is 23.2 Å². The minimum absolute atomic E-state index is 0.297. The van der Waals surface area contributed by atoms with Crippen molar-refractivity contribution in [2.75, 3.05) is 18.2 Å². The highest BCUT2D eigenvalue weighted by Gasteiger charge is 2.10. The Morgan fingerprint density at radius 2 is 2.06 bits per heavy atom. The molecule has 0 unspecified atom stereocenters. The van der Waals surface area contributed by atoms with Gasteiger partial charge < -0.3 is 15.8 Å². The van der Waals surface area contributed by atoms with Crippen molar-refractivity contribution >= 4 is 40.4 Å². The second-order valence-corrected chi connectivity index (χ2v) is 4.24. The molecule has 5 nitrogen and oxygen atoms in total. The molecule has 0 aliphatic heterocycles. The number of ether oxygens (including phenoxy) is 1. The predicted octanol–water partition coefficient (Wildman–Crippen LogP) is 3.12. The number of nitrogens with zero attached hydrogens (tertiary/aromatic N) is 2. The Morgan fingerprint density at radius 1 is 1.28 bits per heavy atom.